The molecule has 3 rings (SSSR count). The van der Waals surface area contributed by atoms with Crippen LogP contribution in [0.2, 0.25) is 0 Å². The molecule has 3 nitrogen and oxygen atoms in total. The van der Waals surface area contributed by atoms with Crippen LogP contribution in [0.25, 0.3) is 0 Å². The lowest BCUT2D eigenvalue weighted by atomic mass is 10.0. The molecule has 2 aliphatic heterocycles. The Bertz CT molecular complexity index is 417. The molecule has 1 aromatic rings. The number of rotatable bonds is 1. The van der Waals surface area contributed by atoms with Gasteiger partial charge in [-0.2, -0.15) is 0 Å². The molecule has 2 heterocycles. The molecule has 0 saturated heterocycles. The standard InChI is InChI=1S/C14H20N2O/c1-2-12-9-16-13-7-10-3-5-15-6-4-11(10)8-14(13)17-12/h7-8,12,15-16H,2-6,9H2,1H3/t12-/m0/s1. The molecule has 17 heavy (non-hydrogen) atoms. The third-order valence-corrected chi connectivity index (χ3v) is 3.71. The van der Waals surface area contributed by atoms with Gasteiger partial charge in [0.05, 0.1) is 12.2 Å². The van der Waals surface area contributed by atoms with Gasteiger partial charge in [0.15, 0.2) is 0 Å². The molecule has 3 heteroatoms. The Morgan fingerprint density at radius 3 is 2.76 bits per heavy atom. The Labute approximate surface area is 103 Å². The lowest BCUT2D eigenvalue weighted by Gasteiger charge is -2.27. The molecule has 0 aromatic heterocycles. The minimum absolute atomic E-state index is 0.324. The maximum Gasteiger partial charge on any atom is 0.143 e. The van der Waals surface area contributed by atoms with Crippen LogP contribution in [-0.2, 0) is 12.8 Å². The van der Waals surface area contributed by atoms with Crippen molar-refractivity contribution in [3.8, 4) is 5.75 Å². The maximum absolute atomic E-state index is 6.01. The Kier molecular flexibility index (Phi) is 2.93. The first-order valence-electron chi connectivity index (χ1n) is 6.64. The molecule has 0 fully saturated rings. The van der Waals surface area contributed by atoms with Crippen molar-refractivity contribution in [2.45, 2.75) is 32.3 Å². The van der Waals surface area contributed by atoms with Gasteiger partial charge in [0.25, 0.3) is 0 Å². The van der Waals surface area contributed by atoms with E-state index in [9.17, 15) is 0 Å². The Hall–Kier alpha value is -1.22. The van der Waals surface area contributed by atoms with Crippen molar-refractivity contribution in [2.75, 3.05) is 25.0 Å². The van der Waals surface area contributed by atoms with Crippen molar-refractivity contribution in [1.29, 1.82) is 0 Å². The van der Waals surface area contributed by atoms with Gasteiger partial charge in [0.1, 0.15) is 11.9 Å². The molecule has 0 saturated carbocycles. The number of hydrogen-bond acceptors (Lipinski definition) is 3. The first-order chi connectivity index (χ1) is 8.36. The van der Waals surface area contributed by atoms with Crippen LogP contribution in [0.1, 0.15) is 24.5 Å². The topological polar surface area (TPSA) is 33.3 Å². The van der Waals surface area contributed by atoms with Gasteiger partial charge >= 0.3 is 0 Å². The van der Waals surface area contributed by atoms with Gasteiger partial charge in [-0.3, -0.25) is 0 Å². The fourth-order valence-corrected chi connectivity index (χ4v) is 2.61. The summed E-state index contributed by atoms with van der Waals surface area (Å²) < 4.78 is 6.01. The fraction of sp³-hybridized carbons (Fsp3) is 0.571. The van der Waals surface area contributed by atoms with E-state index < -0.39 is 0 Å². The number of ether oxygens (including phenoxy) is 1. The third-order valence-electron chi connectivity index (χ3n) is 3.71. The van der Waals surface area contributed by atoms with Crippen LogP contribution in [0.4, 0.5) is 5.69 Å². The molecule has 0 spiro atoms. The molecule has 0 unspecified atom stereocenters. The highest BCUT2D eigenvalue weighted by molar-refractivity contribution is 5.62. The number of fused-ring (bicyclic) bond motifs is 2. The summed E-state index contributed by atoms with van der Waals surface area (Å²) in [6, 6.07) is 4.52. The van der Waals surface area contributed by atoms with E-state index in [4.69, 9.17) is 4.74 Å². The second kappa shape index (κ2) is 4.57. The van der Waals surface area contributed by atoms with Crippen LogP contribution in [0.5, 0.6) is 5.75 Å². The minimum Gasteiger partial charge on any atom is -0.486 e. The molecule has 2 N–H and O–H groups in total. The first-order valence-corrected chi connectivity index (χ1v) is 6.64. The normalized spacial score (nSPS) is 22.8. The quantitative estimate of drug-likeness (QED) is 0.776. The van der Waals surface area contributed by atoms with E-state index in [-0.39, 0.29) is 0 Å². The second-order valence-corrected chi connectivity index (χ2v) is 4.90. The van der Waals surface area contributed by atoms with Crippen LogP contribution in [0.15, 0.2) is 12.1 Å². The van der Waals surface area contributed by atoms with Crippen LogP contribution in [0, 0.1) is 0 Å². The van der Waals surface area contributed by atoms with Crippen LogP contribution < -0.4 is 15.4 Å². The minimum atomic E-state index is 0.324. The van der Waals surface area contributed by atoms with E-state index >= 15 is 0 Å². The summed E-state index contributed by atoms with van der Waals surface area (Å²) in [5.41, 5.74) is 4.10. The van der Waals surface area contributed by atoms with Gasteiger partial charge in [0, 0.05) is 0 Å². The summed E-state index contributed by atoms with van der Waals surface area (Å²) in [5, 5.41) is 6.93. The monoisotopic (exact) mass is 232 g/mol. The van der Waals surface area contributed by atoms with E-state index in [1.165, 1.54) is 16.8 Å². The lowest BCUT2D eigenvalue weighted by molar-refractivity contribution is 0.201. The van der Waals surface area contributed by atoms with Gasteiger partial charge in [-0.15, -0.1) is 0 Å². The Morgan fingerprint density at radius 1 is 1.24 bits per heavy atom. The molecule has 92 valence electrons. The Morgan fingerprint density at radius 2 is 2.00 bits per heavy atom. The maximum atomic E-state index is 6.01. The highest BCUT2D eigenvalue weighted by Crippen LogP contribution is 2.33. The first kappa shape index (κ1) is 10.9. The molecule has 0 radical (unpaired) electrons. The Balaban J connectivity index is 1.93. The molecule has 2 aliphatic rings. The number of nitrogens with one attached hydrogen (secondary N) is 2. The highest BCUT2D eigenvalue weighted by atomic mass is 16.5. The number of hydrogen-bond donors (Lipinski definition) is 2. The van der Waals surface area contributed by atoms with Gasteiger partial charge in [0.2, 0.25) is 0 Å². The van der Waals surface area contributed by atoms with E-state index in [0.717, 1.165) is 44.6 Å². The average molecular weight is 232 g/mol. The zero-order valence-corrected chi connectivity index (χ0v) is 10.4. The highest BCUT2D eigenvalue weighted by Gasteiger charge is 2.20. The number of anilines is 1. The summed E-state index contributed by atoms with van der Waals surface area (Å²) >= 11 is 0. The SMILES string of the molecule is CC[C@H]1CNc2cc3c(cc2O1)CCNCC3. The van der Waals surface area contributed by atoms with Crippen LogP contribution >= 0.6 is 0 Å². The van der Waals surface area contributed by atoms with Crippen molar-refractivity contribution < 1.29 is 4.74 Å². The van der Waals surface area contributed by atoms with E-state index in [2.05, 4.69) is 29.7 Å². The van der Waals surface area contributed by atoms with Crippen molar-refractivity contribution in [1.82, 2.24) is 5.32 Å². The van der Waals surface area contributed by atoms with Gasteiger partial charge in [-0.05, 0) is 55.6 Å². The van der Waals surface area contributed by atoms with Crippen molar-refractivity contribution in [3.63, 3.8) is 0 Å². The predicted molar refractivity (Wildman–Crippen MR) is 69.9 cm³/mol. The van der Waals surface area contributed by atoms with Gasteiger partial charge in [-0.25, -0.2) is 0 Å². The molecule has 0 aliphatic carbocycles. The summed E-state index contributed by atoms with van der Waals surface area (Å²) in [7, 11) is 0. The zero-order chi connectivity index (χ0) is 11.7. The summed E-state index contributed by atoms with van der Waals surface area (Å²) in [6.45, 7) is 5.27. The molecular formula is C14H20N2O. The van der Waals surface area contributed by atoms with E-state index in [1.54, 1.807) is 0 Å². The second-order valence-electron chi connectivity index (χ2n) is 4.90. The molecule has 1 atom stereocenters. The summed E-state index contributed by atoms with van der Waals surface area (Å²) in [6.07, 6.45) is 3.62. The average Bonchev–Trinajstić information content (AvgIpc) is 2.60. The van der Waals surface area contributed by atoms with E-state index in [0.29, 0.717) is 6.10 Å². The zero-order valence-electron chi connectivity index (χ0n) is 10.4. The predicted octanol–water partition coefficient (Wildman–Crippen LogP) is 1.96. The molecule has 0 amide bonds. The van der Waals surface area contributed by atoms with Crippen molar-refractivity contribution in [3.05, 3.63) is 23.3 Å². The van der Waals surface area contributed by atoms with Crippen LogP contribution in [0.3, 0.4) is 0 Å². The summed E-state index contributed by atoms with van der Waals surface area (Å²) in [4.78, 5) is 0. The number of benzene rings is 1. The third kappa shape index (κ3) is 2.12. The largest absolute Gasteiger partial charge is 0.486 e. The van der Waals surface area contributed by atoms with Crippen LogP contribution in [-0.4, -0.2) is 25.7 Å². The summed E-state index contributed by atoms with van der Waals surface area (Å²) in [5.74, 6) is 1.05. The van der Waals surface area contributed by atoms with E-state index in [1.807, 2.05) is 0 Å². The van der Waals surface area contributed by atoms with Gasteiger partial charge < -0.3 is 15.4 Å². The molecule has 0 bridgehead atoms. The van der Waals surface area contributed by atoms with Crippen molar-refractivity contribution >= 4 is 5.69 Å². The smallest absolute Gasteiger partial charge is 0.143 e. The molecule has 1 aromatic carbocycles. The lowest BCUT2D eigenvalue weighted by Crippen LogP contribution is -2.30. The van der Waals surface area contributed by atoms with Crippen molar-refractivity contribution in [2.24, 2.45) is 0 Å². The van der Waals surface area contributed by atoms with Gasteiger partial charge in [-0.1, -0.05) is 6.92 Å². The fourth-order valence-electron chi connectivity index (χ4n) is 2.61. The molecular weight excluding hydrogens is 212 g/mol.